The molecule has 0 aliphatic carbocycles. The summed E-state index contributed by atoms with van der Waals surface area (Å²) in [6, 6.07) is 11.9. The number of ether oxygens (including phenoxy) is 1. The SMILES string of the molecule is O=C(O)Cc1cc(OCc2ccccc2)cc(OS(=O)(=O)C(F)(F)F)c1. The van der Waals surface area contributed by atoms with Gasteiger partial charge in [-0.25, -0.2) is 0 Å². The average Bonchev–Trinajstić information content (AvgIpc) is 2.51. The number of benzene rings is 2. The van der Waals surface area contributed by atoms with Gasteiger partial charge in [0.05, 0.1) is 6.42 Å². The van der Waals surface area contributed by atoms with Gasteiger partial charge in [0.25, 0.3) is 0 Å². The molecule has 0 heterocycles. The van der Waals surface area contributed by atoms with Crippen LogP contribution in [0.4, 0.5) is 13.2 Å². The summed E-state index contributed by atoms with van der Waals surface area (Å²) in [7, 11) is -5.88. The van der Waals surface area contributed by atoms with E-state index in [4.69, 9.17) is 9.84 Å². The molecule has 0 amide bonds. The molecule has 10 heteroatoms. The zero-order valence-electron chi connectivity index (χ0n) is 13.1. The van der Waals surface area contributed by atoms with Crippen LogP contribution < -0.4 is 8.92 Å². The second-order valence-electron chi connectivity index (χ2n) is 5.14. The van der Waals surface area contributed by atoms with Crippen molar-refractivity contribution < 1.29 is 40.4 Å². The first-order valence-corrected chi connectivity index (χ1v) is 8.51. The lowest BCUT2D eigenvalue weighted by Gasteiger charge is -2.13. The van der Waals surface area contributed by atoms with Gasteiger partial charge in [-0.2, -0.15) is 21.6 Å². The van der Waals surface area contributed by atoms with Crippen molar-refractivity contribution in [2.24, 2.45) is 0 Å². The Morgan fingerprint density at radius 2 is 1.62 bits per heavy atom. The molecule has 0 aliphatic heterocycles. The van der Waals surface area contributed by atoms with Crippen LogP contribution in [0.1, 0.15) is 11.1 Å². The fourth-order valence-electron chi connectivity index (χ4n) is 1.95. The summed E-state index contributed by atoms with van der Waals surface area (Å²) < 4.78 is 69.1. The molecule has 140 valence electrons. The van der Waals surface area contributed by atoms with E-state index in [1.54, 1.807) is 30.3 Å². The minimum atomic E-state index is -5.88. The highest BCUT2D eigenvalue weighted by Gasteiger charge is 2.48. The number of halogens is 3. The van der Waals surface area contributed by atoms with Crippen LogP contribution in [0.2, 0.25) is 0 Å². The van der Waals surface area contributed by atoms with Gasteiger partial charge in [-0.1, -0.05) is 30.3 Å². The van der Waals surface area contributed by atoms with Crippen LogP contribution in [0.15, 0.2) is 48.5 Å². The second kappa shape index (κ2) is 7.65. The largest absolute Gasteiger partial charge is 0.534 e. The highest BCUT2D eigenvalue weighted by Crippen LogP contribution is 2.30. The molecule has 0 aliphatic rings. The lowest BCUT2D eigenvalue weighted by atomic mass is 10.1. The summed E-state index contributed by atoms with van der Waals surface area (Å²) in [5.41, 5.74) is -4.84. The number of hydrogen-bond donors (Lipinski definition) is 1. The lowest BCUT2D eigenvalue weighted by Crippen LogP contribution is -2.28. The zero-order valence-corrected chi connectivity index (χ0v) is 13.9. The van der Waals surface area contributed by atoms with Crippen molar-refractivity contribution >= 4 is 16.1 Å². The van der Waals surface area contributed by atoms with E-state index in [-0.39, 0.29) is 17.9 Å². The molecule has 26 heavy (non-hydrogen) atoms. The molecular weight excluding hydrogens is 377 g/mol. The third-order valence-corrected chi connectivity index (χ3v) is 4.01. The van der Waals surface area contributed by atoms with Gasteiger partial charge in [0, 0.05) is 6.07 Å². The van der Waals surface area contributed by atoms with Crippen molar-refractivity contribution in [3.63, 3.8) is 0 Å². The predicted molar refractivity (Wildman–Crippen MR) is 84.2 cm³/mol. The van der Waals surface area contributed by atoms with Crippen molar-refractivity contribution in [2.75, 3.05) is 0 Å². The van der Waals surface area contributed by atoms with Crippen molar-refractivity contribution in [3.8, 4) is 11.5 Å². The Bertz CT molecular complexity index is 879. The number of carboxylic acids is 1. The van der Waals surface area contributed by atoms with Crippen LogP contribution in [0, 0.1) is 0 Å². The highest BCUT2D eigenvalue weighted by molar-refractivity contribution is 7.88. The molecule has 1 N–H and O–H groups in total. The van der Waals surface area contributed by atoms with Gasteiger partial charge >= 0.3 is 21.6 Å². The van der Waals surface area contributed by atoms with E-state index >= 15 is 0 Å². The third-order valence-electron chi connectivity index (χ3n) is 3.03. The van der Waals surface area contributed by atoms with E-state index in [1.807, 2.05) is 0 Å². The number of aliphatic carboxylic acids is 1. The maximum atomic E-state index is 12.5. The van der Waals surface area contributed by atoms with Crippen LogP contribution in [-0.2, 0) is 27.9 Å². The van der Waals surface area contributed by atoms with E-state index in [9.17, 15) is 26.4 Å². The molecular formula is C16H13F3O6S. The lowest BCUT2D eigenvalue weighted by molar-refractivity contribution is -0.136. The van der Waals surface area contributed by atoms with E-state index in [1.165, 1.54) is 6.07 Å². The van der Waals surface area contributed by atoms with Crippen molar-refractivity contribution in [2.45, 2.75) is 18.5 Å². The standard InChI is InChI=1S/C16H13F3O6S/c17-16(18,19)26(22,23)25-14-7-12(8-15(20)21)6-13(9-14)24-10-11-4-2-1-3-5-11/h1-7,9H,8,10H2,(H,20,21). The highest BCUT2D eigenvalue weighted by atomic mass is 32.2. The molecule has 6 nitrogen and oxygen atoms in total. The van der Waals surface area contributed by atoms with Crippen molar-refractivity contribution in [1.29, 1.82) is 0 Å². The number of carbonyl (C=O) groups is 1. The molecule has 2 aromatic carbocycles. The summed E-state index contributed by atoms with van der Waals surface area (Å²) >= 11 is 0. The molecule has 0 atom stereocenters. The topological polar surface area (TPSA) is 89.9 Å². The Morgan fingerprint density at radius 1 is 1.00 bits per heavy atom. The van der Waals surface area contributed by atoms with Crippen molar-refractivity contribution in [1.82, 2.24) is 0 Å². The van der Waals surface area contributed by atoms with E-state index in [2.05, 4.69) is 4.18 Å². The van der Waals surface area contributed by atoms with Gasteiger partial charge < -0.3 is 14.0 Å². The maximum absolute atomic E-state index is 12.5. The minimum absolute atomic E-state index is 0.0236. The van der Waals surface area contributed by atoms with Crippen LogP contribution in [0.3, 0.4) is 0 Å². The first-order chi connectivity index (χ1) is 12.1. The molecule has 0 fully saturated rings. The number of rotatable bonds is 7. The van der Waals surface area contributed by atoms with Gasteiger partial charge in [0.1, 0.15) is 18.1 Å². The van der Waals surface area contributed by atoms with Gasteiger partial charge in [-0.3, -0.25) is 4.79 Å². The smallest absolute Gasteiger partial charge is 0.489 e. The van der Waals surface area contributed by atoms with Gasteiger partial charge in [-0.15, -0.1) is 0 Å². The Hall–Kier alpha value is -2.75. The molecule has 0 spiro atoms. The number of alkyl halides is 3. The Labute approximate surface area is 146 Å². The quantitative estimate of drug-likeness (QED) is 0.577. The second-order valence-corrected chi connectivity index (χ2v) is 6.68. The summed E-state index contributed by atoms with van der Waals surface area (Å²) in [5, 5.41) is 8.84. The normalized spacial score (nSPS) is 11.8. The molecule has 0 radical (unpaired) electrons. The fourth-order valence-corrected chi connectivity index (χ4v) is 2.40. The molecule has 2 aromatic rings. The third kappa shape index (κ3) is 5.38. The summed E-state index contributed by atoms with van der Waals surface area (Å²) in [6.07, 6.45) is -0.551. The molecule has 0 bridgehead atoms. The van der Waals surface area contributed by atoms with Gasteiger partial charge in [0.2, 0.25) is 0 Å². The molecule has 0 aromatic heterocycles. The predicted octanol–water partition coefficient (Wildman–Crippen LogP) is 3.12. The zero-order chi connectivity index (χ0) is 19.4. The van der Waals surface area contributed by atoms with Gasteiger partial charge in [0.15, 0.2) is 0 Å². The number of carboxylic acid groups (broad SMARTS) is 1. The molecule has 0 saturated heterocycles. The van der Waals surface area contributed by atoms with Gasteiger partial charge in [-0.05, 0) is 23.3 Å². The Kier molecular flexibility index (Phi) is 5.76. The molecule has 0 saturated carbocycles. The van der Waals surface area contributed by atoms with Crippen molar-refractivity contribution in [3.05, 3.63) is 59.7 Å². The molecule has 0 unspecified atom stereocenters. The van der Waals surface area contributed by atoms with Crippen LogP contribution >= 0.6 is 0 Å². The first-order valence-electron chi connectivity index (χ1n) is 7.10. The fraction of sp³-hybridized carbons (Fsp3) is 0.188. The first kappa shape index (κ1) is 19.6. The van der Waals surface area contributed by atoms with Crippen LogP contribution in [0.25, 0.3) is 0 Å². The van der Waals surface area contributed by atoms with E-state index in [0.717, 1.165) is 17.7 Å². The summed E-state index contributed by atoms with van der Waals surface area (Å²) in [6.45, 7) is 0.0445. The Morgan fingerprint density at radius 3 is 2.19 bits per heavy atom. The Balaban J connectivity index is 2.28. The number of hydrogen-bond acceptors (Lipinski definition) is 5. The monoisotopic (exact) mass is 390 g/mol. The molecule has 2 rings (SSSR count). The minimum Gasteiger partial charge on any atom is -0.489 e. The average molecular weight is 390 g/mol. The van der Waals surface area contributed by atoms with E-state index in [0.29, 0.717) is 0 Å². The summed E-state index contributed by atoms with van der Waals surface area (Å²) in [5.74, 6) is -1.97. The van der Waals surface area contributed by atoms with Crippen LogP contribution in [-0.4, -0.2) is 25.0 Å². The van der Waals surface area contributed by atoms with Crippen LogP contribution in [0.5, 0.6) is 11.5 Å². The summed E-state index contributed by atoms with van der Waals surface area (Å²) in [4.78, 5) is 10.8. The maximum Gasteiger partial charge on any atom is 0.534 e. The van der Waals surface area contributed by atoms with E-state index < -0.39 is 33.8 Å².